The van der Waals surface area contributed by atoms with Gasteiger partial charge in [0.1, 0.15) is 12.1 Å². The van der Waals surface area contributed by atoms with Crippen LogP contribution in [0.5, 0.6) is 0 Å². The summed E-state index contributed by atoms with van der Waals surface area (Å²) in [7, 11) is 0. The number of hydrogen-bond acceptors (Lipinski definition) is 5. The van der Waals surface area contributed by atoms with Gasteiger partial charge in [-0.05, 0) is 18.1 Å². The number of ether oxygens (including phenoxy) is 1. The Labute approximate surface area is 122 Å². The lowest BCUT2D eigenvalue weighted by atomic mass is 10.0. The number of fused-ring (bicyclic) bond motifs is 1. The predicted molar refractivity (Wildman–Crippen MR) is 74.0 cm³/mol. The third kappa shape index (κ3) is 2.64. The molecule has 1 amide bonds. The first-order valence-electron chi connectivity index (χ1n) is 7.04. The van der Waals surface area contributed by atoms with Crippen molar-refractivity contribution in [2.45, 2.75) is 38.0 Å². The van der Waals surface area contributed by atoms with Crippen molar-refractivity contribution in [3.63, 3.8) is 0 Å². The van der Waals surface area contributed by atoms with E-state index in [-0.39, 0.29) is 24.7 Å². The van der Waals surface area contributed by atoms with Crippen LogP contribution >= 0.6 is 0 Å². The quantitative estimate of drug-likeness (QED) is 0.632. The van der Waals surface area contributed by atoms with Crippen molar-refractivity contribution in [3.8, 4) is 0 Å². The lowest BCUT2D eigenvalue weighted by molar-refractivity contribution is -0.232. The first kappa shape index (κ1) is 14.0. The molecule has 1 heterocycles. The van der Waals surface area contributed by atoms with Gasteiger partial charge >= 0.3 is 5.97 Å². The maximum Gasteiger partial charge on any atom is 0.335 e. The number of carbonyl (C=O) groups excluding carboxylic acids is 2. The number of hydrogen-bond donors (Lipinski definition) is 1. The highest BCUT2D eigenvalue weighted by Gasteiger charge is 2.43. The molecule has 1 saturated heterocycles. The smallest absolute Gasteiger partial charge is 0.335 e. The van der Waals surface area contributed by atoms with Gasteiger partial charge in [-0.2, -0.15) is 0 Å². The Morgan fingerprint density at radius 2 is 1.95 bits per heavy atom. The van der Waals surface area contributed by atoms with Gasteiger partial charge in [0.05, 0.1) is 6.04 Å². The first-order valence-corrected chi connectivity index (χ1v) is 7.04. The molecule has 6 nitrogen and oxygen atoms in total. The van der Waals surface area contributed by atoms with E-state index in [0.717, 1.165) is 17.9 Å². The van der Waals surface area contributed by atoms with Gasteiger partial charge in [0.15, 0.2) is 6.61 Å². The molecule has 2 N–H and O–H groups in total. The summed E-state index contributed by atoms with van der Waals surface area (Å²) in [6, 6.07) is 7.30. The molecule has 0 aromatic heterocycles. The number of esters is 1. The summed E-state index contributed by atoms with van der Waals surface area (Å²) in [5, 5.41) is 1.13. The van der Waals surface area contributed by atoms with Gasteiger partial charge in [0.2, 0.25) is 0 Å². The second-order valence-corrected chi connectivity index (χ2v) is 5.49. The molecule has 0 radical (unpaired) electrons. The summed E-state index contributed by atoms with van der Waals surface area (Å²) < 4.78 is 5.38. The van der Waals surface area contributed by atoms with E-state index >= 15 is 0 Å². The van der Waals surface area contributed by atoms with Crippen LogP contribution in [0.2, 0.25) is 0 Å². The molecule has 0 saturated carbocycles. The number of rotatable bonds is 4. The number of benzene rings is 1. The number of hydroxylamine groups is 2. The minimum absolute atomic E-state index is 0.148. The number of β-lactam (4-membered cyclic amide) rings is 1. The lowest BCUT2D eigenvalue weighted by Gasteiger charge is -2.41. The van der Waals surface area contributed by atoms with Crippen molar-refractivity contribution >= 4 is 11.9 Å². The largest absolute Gasteiger partial charge is 0.460 e. The Hall–Kier alpha value is -1.92. The Morgan fingerprint density at radius 1 is 1.33 bits per heavy atom. The summed E-state index contributed by atoms with van der Waals surface area (Å²) in [6.07, 6.45) is 1.31. The average Bonchev–Trinajstić information content (AvgIpc) is 2.88. The molecule has 2 atom stereocenters. The Balaban J connectivity index is 1.45. The molecule has 1 aromatic rings. The molecule has 21 heavy (non-hydrogen) atoms. The van der Waals surface area contributed by atoms with Crippen LogP contribution in [-0.4, -0.2) is 41.7 Å². The summed E-state index contributed by atoms with van der Waals surface area (Å²) in [6.45, 7) is 1.50. The van der Waals surface area contributed by atoms with E-state index in [1.165, 1.54) is 11.1 Å². The fourth-order valence-corrected chi connectivity index (χ4v) is 2.74. The molecule has 0 spiro atoms. The van der Waals surface area contributed by atoms with Gasteiger partial charge in [-0.1, -0.05) is 24.3 Å². The maximum atomic E-state index is 11.8. The average molecular weight is 290 g/mol. The zero-order valence-corrected chi connectivity index (χ0v) is 11.8. The van der Waals surface area contributed by atoms with E-state index in [1.807, 2.05) is 24.3 Å². The highest BCUT2D eigenvalue weighted by atomic mass is 16.7. The van der Waals surface area contributed by atoms with Gasteiger partial charge in [0.25, 0.3) is 5.91 Å². The SMILES string of the molecule is C[C@H]1[C@H](N)C(=O)N1OCC(=O)OC1Cc2ccccc2C1. The number of nitrogens with zero attached hydrogens (tertiary/aromatic N) is 1. The topological polar surface area (TPSA) is 81.9 Å². The molecular formula is C15H18N2O4. The van der Waals surface area contributed by atoms with Crippen LogP contribution in [0, 0.1) is 0 Å². The van der Waals surface area contributed by atoms with E-state index in [2.05, 4.69) is 0 Å². The molecule has 1 aliphatic carbocycles. The van der Waals surface area contributed by atoms with Crippen molar-refractivity contribution in [2.24, 2.45) is 5.73 Å². The van der Waals surface area contributed by atoms with Crippen LogP contribution in [0.1, 0.15) is 18.1 Å². The predicted octanol–water partition coefficient (Wildman–Crippen LogP) is 0.187. The fourth-order valence-electron chi connectivity index (χ4n) is 2.74. The standard InChI is InChI=1S/C15H18N2O4/c1-9-14(16)15(19)17(9)20-8-13(18)21-12-6-10-4-2-3-5-11(10)7-12/h2-5,9,12,14H,6-8,16H2,1H3/t9-,14-/m0/s1. The molecule has 3 rings (SSSR count). The van der Waals surface area contributed by atoms with Crippen molar-refractivity contribution in [1.29, 1.82) is 0 Å². The van der Waals surface area contributed by atoms with E-state index in [4.69, 9.17) is 15.3 Å². The van der Waals surface area contributed by atoms with E-state index in [9.17, 15) is 9.59 Å². The van der Waals surface area contributed by atoms with Gasteiger partial charge < -0.3 is 10.5 Å². The summed E-state index contributed by atoms with van der Waals surface area (Å²) in [4.78, 5) is 28.3. The minimum Gasteiger partial charge on any atom is -0.460 e. The van der Waals surface area contributed by atoms with Crippen LogP contribution in [0.25, 0.3) is 0 Å². The second-order valence-electron chi connectivity index (χ2n) is 5.49. The van der Waals surface area contributed by atoms with Crippen molar-refractivity contribution < 1.29 is 19.2 Å². The molecule has 1 aliphatic heterocycles. The maximum absolute atomic E-state index is 11.8. The monoisotopic (exact) mass is 290 g/mol. The molecular weight excluding hydrogens is 272 g/mol. The molecule has 0 bridgehead atoms. The summed E-state index contributed by atoms with van der Waals surface area (Å²) in [5.74, 6) is -0.767. The number of nitrogens with two attached hydrogens (primary N) is 1. The third-order valence-electron chi connectivity index (χ3n) is 4.03. The Kier molecular flexibility index (Phi) is 3.65. The summed E-state index contributed by atoms with van der Waals surface area (Å²) in [5.41, 5.74) is 7.99. The van der Waals surface area contributed by atoms with E-state index < -0.39 is 12.0 Å². The van der Waals surface area contributed by atoms with Crippen molar-refractivity contribution in [3.05, 3.63) is 35.4 Å². The molecule has 0 unspecified atom stereocenters. The normalized spacial score (nSPS) is 24.7. The fraction of sp³-hybridized carbons (Fsp3) is 0.467. The molecule has 1 aromatic carbocycles. The highest BCUT2D eigenvalue weighted by molar-refractivity contribution is 5.88. The van der Waals surface area contributed by atoms with Crippen molar-refractivity contribution in [1.82, 2.24) is 5.06 Å². The van der Waals surface area contributed by atoms with Gasteiger partial charge in [-0.25, -0.2) is 9.86 Å². The van der Waals surface area contributed by atoms with Crippen LogP contribution in [0.15, 0.2) is 24.3 Å². The van der Waals surface area contributed by atoms with Gasteiger partial charge in [0, 0.05) is 12.8 Å². The van der Waals surface area contributed by atoms with Crippen LogP contribution in [0.4, 0.5) is 0 Å². The van der Waals surface area contributed by atoms with Gasteiger partial charge in [-0.3, -0.25) is 9.63 Å². The highest BCUT2D eigenvalue weighted by Crippen LogP contribution is 2.24. The Bertz CT molecular complexity index is 550. The van der Waals surface area contributed by atoms with Crippen LogP contribution in [-0.2, 0) is 32.0 Å². The Morgan fingerprint density at radius 3 is 2.52 bits per heavy atom. The molecule has 112 valence electrons. The zero-order chi connectivity index (χ0) is 15.0. The third-order valence-corrected chi connectivity index (χ3v) is 4.03. The molecule has 6 heteroatoms. The molecule has 1 fully saturated rings. The van der Waals surface area contributed by atoms with E-state index in [0.29, 0.717) is 0 Å². The first-order chi connectivity index (χ1) is 10.1. The number of carbonyl (C=O) groups is 2. The van der Waals surface area contributed by atoms with Gasteiger partial charge in [-0.15, -0.1) is 0 Å². The molecule has 2 aliphatic rings. The minimum atomic E-state index is -0.537. The van der Waals surface area contributed by atoms with Crippen molar-refractivity contribution in [2.75, 3.05) is 6.61 Å². The summed E-state index contributed by atoms with van der Waals surface area (Å²) >= 11 is 0. The second kappa shape index (κ2) is 5.46. The van der Waals surface area contributed by atoms with Crippen LogP contribution in [0.3, 0.4) is 0 Å². The van der Waals surface area contributed by atoms with E-state index in [1.54, 1.807) is 6.92 Å². The zero-order valence-electron chi connectivity index (χ0n) is 11.8. The number of amides is 1. The van der Waals surface area contributed by atoms with Crippen LogP contribution < -0.4 is 5.73 Å². The lowest BCUT2D eigenvalue weighted by Crippen LogP contribution is -2.67.